The molecule has 0 bridgehead atoms. The van der Waals surface area contributed by atoms with E-state index in [1.165, 1.54) is 18.4 Å². The lowest BCUT2D eigenvalue weighted by molar-refractivity contribution is 0.301. The van der Waals surface area contributed by atoms with Crippen LogP contribution in [0.2, 0.25) is 0 Å². The van der Waals surface area contributed by atoms with Crippen molar-refractivity contribution in [3.63, 3.8) is 0 Å². The Labute approximate surface area is 98.2 Å². The first-order valence-corrected chi connectivity index (χ1v) is 6.29. The fourth-order valence-corrected chi connectivity index (χ4v) is 2.49. The predicted octanol–water partition coefficient (Wildman–Crippen LogP) is 2.93. The third-order valence-corrected chi connectivity index (χ3v) is 3.53. The highest BCUT2D eigenvalue weighted by Crippen LogP contribution is 2.21. The van der Waals surface area contributed by atoms with Gasteiger partial charge in [-0.05, 0) is 25.3 Å². The molecule has 16 heavy (non-hydrogen) atoms. The molecule has 1 radical (unpaired) electrons. The maximum Gasteiger partial charge on any atom is 0.0366 e. The number of benzene rings is 1. The van der Waals surface area contributed by atoms with Gasteiger partial charge < -0.3 is 5.32 Å². The standard InChI is InChI=1S/C14H21N2/c1-11(12-7-3-2-4-8-12)16-14-10-6-5-9-13(14)15/h2-4,7-8,11,13-16H,5-6,9-10H2,1H3/t11-,13+,14-/m0/s1. The van der Waals surface area contributed by atoms with E-state index in [9.17, 15) is 0 Å². The van der Waals surface area contributed by atoms with Crippen molar-refractivity contribution in [2.24, 2.45) is 0 Å². The van der Waals surface area contributed by atoms with Crippen LogP contribution in [-0.4, -0.2) is 12.1 Å². The van der Waals surface area contributed by atoms with E-state index >= 15 is 0 Å². The van der Waals surface area contributed by atoms with Crippen LogP contribution in [0.5, 0.6) is 0 Å². The second kappa shape index (κ2) is 5.46. The van der Waals surface area contributed by atoms with Gasteiger partial charge in [-0.1, -0.05) is 43.2 Å². The quantitative estimate of drug-likeness (QED) is 0.830. The normalized spacial score (nSPS) is 27.6. The zero-order valence-electron chi connectivity index (χ0n) is 9.95. The molecular formula is C14H21N2. The summed E-state index contributed by atoms with van der Waals surface area (Å²) in [6.07, 6.45) is 4.71. The van der Waals surface area contributed by atoms with Crippen molar-refractivity contribution in [2.45, 2.75) is 50.7 Å². The molecule has 1 aromatic rings. The van der Waals surface area contributed by atoms with E-state index in [1.54, 1.807) is 0 Å². The minimum atomic E-state index is 0.0833. The first-order valence-electron chi connectivity index (χ1n) is 6.29. The average Bonchev–Trinajstić information content (AvgIpc) is 2.33. The van der Waals surface area contributed by atoms with E-state index in [-0.39, 0.29) is 6.04 Å². The lowest BCUT2D eigenvalue weighted by Gasteiger charge is -2.31. The Bertz CT molecular complexity index is 310. The molecule has 0 aromatic heterocycles. The second-order valence-corrected chi connectivity index (χ2v) is 4.80. The summed E-state index contributed by atoms with van der Waals surface area (Å²) in [4.78, 5) is 0. The predicted molar refractivity (Wildman–Crippen MR) is 67.1 cm³/mol. The fourth-order valence-electron chi connectivity index (χ4n) is 2.49. The molecule has 1 saturated carbocycles. The molecular weight excluding hydrogens is 196 g/mol. The van der Waals surface area contributed by atoms with Gasteiger partial charge in [0, 0.05) is 18.1 Å². The van der Waals surface area contributed by atoms with Crippen molar-refractivity contribution in [2.75, 3.05) is 0 Å². The molecule has 87 valence electrons. The highest BCUT2D eigenvalue weighted by atomic mass is 15.0. The zero-order valence-corrected chi connectivity index (χ0v) is 9.95. The summed E-state index contributed by atoms with van der Waals surface area (Å²) in [5, 5.41) is 3.60. The van der Waals surface area contributed by atoms with Crippen LogP contribution < -0.4 is 11.1 Å². The lowest BCUT2D eigenvalue weighted by atomic mass is 9.90. The summed E-state index contributed by atoms with van der Waals surface area (Å²) >= 11 is 0. The summed E-state index contributed by atoms with van der Waals surface area (Å²) in [6, 6.07) is 11.3. The zero-order chi connectivity index (χ0) is 11.4. The summed E-state index contributed by atoms with van der Waals surface area (Å²) in [5.41, 5.74) is 9.34. The molecule has 2 nitrogen and oxygen atoms in total. The lowest BCUT2D eigenvalue weighted by Crippen LogP contribution is -2.43. The fraction of sp³-hybridized carbons (Fsp3) is 0.571. The van der Waals surface area contributed by atoms with Gasteiger partial charge in [0.15, 0.2) is 0 Å². The molecule has 1 aliphatic rings. The molecule has 0 aliphatic heterocycles. The van der Waals surface area contributed by atoms with Crippen molar-refractivity contribution < 1.29 is 0 Å². The highest BCUT2D eigenvalue weighted by molar-refractivity contribution is 5.18. The van der Waals surface area contributed by atoms with Crippen molar-refractivity contribution >= 4 is 0 Å². The van der Waals surface area contributed by atoms with Gasteiger partial charge in [0.25, 0.3) is 0 Å². The Hall–Kier alpha value is -0.860. The van der Waals surface area contributed by atoms with Crippen molar-refractivity contribution in [3.05, 3.63) is 35.9 Å². The van der Waals surface area contributed by atoms with Crippen molar-refractivity contribution in [3.8, 4) is 0 Å². The summed E-state index contributed by atoms with van der Waals surface area (Å²) in [5.74, 6) is 0. The Morgan fingerprint density at radius 3 is 2.56 bits per heavy atom. The molecule has 1 aromatic carbocycles. The third-order valence-electron chi connectivity index (χ3n) is 3.53. The first kappa shape index (κ1) is 11.6. The molecule has 3 atom stereocenters. The smallest absolute Gasteiger partial charge is 0.0366 e. The largest absolute Gasteiger partial charge is 0.306 e. The summed E-state index contributed by atoms with van der Waals surface area (Å²) in [7, 11) is 0. The van der Waals surface area contributed by atoms with Gasteiger partial charge in [0.2, 0.25) is 0 Å². The number of rotatable bonds is 3. The van der Waals surface area contributed by atoms with Gasteiger partial charge in [-0.2, -0.15) is 0 Å². The number of hydrogen-bond donors (Lipinski definition) is 1. The molecule has 1 aliphatic carbocycles. The molecule has 0 saturated heterocycles. The Balaban J connectivity index is 1.94. The Kier molecular flexibility index (Phi) is 3.97. The number of nitrogens with one attached hydrogen (secondary N) is 2. The van der Waals surface area contributed by atoms with Gasteiger partial charge in [-0.3, -0.25) is 5.73 Å². The van der Waals surface area contributed by atoms with Crippen LogP contribution >= 0.6 is 0 Å². The van der Waals surface area contributed by atoms with Crippen molar-refractivity contribution in [1.29, 1.82) is 0 Å². The molecule has 0 heterocycles. The number of hydrogen-bond acceptors (Lipinski definition) is 1. The minimum absolute atomic E-state index is 0.0833. The van der Waals surface area contributed by atoms with E-state index in [0.29, 0.717) is 12.1 Å². The monoisotopic (exact) mass is 217 g/mol. The minimum Gasteiger partial charge on any atom is -0.306 e. The summed E-state index contributed by atoms with van der Waals surface area (Å²) in [6.45, 7) is 2.19. The van der Waals surface area contributed by atoms with Crippen LogP contribution in [0.15, 0.2) is 30.3 Å². The van der Waals surface area contributed by atoms with Crippen LogP contribution in [0.25, 0.3) is 0 Å². The van der Waals surface area contributed by atoms with Gasteiger partial charge in [-0.15, -0.1) is 0 Å². The Morgan fingerprint density at radius 2 is 1.88 bits per heavy atom. The van der Waals surface area contributed by atoms with E-state index < -0.39 is 0 Å². The Morgan fingerprint density at radius 1 is 1.19 bits per heavy atom. The molecule has 1 fully saturated rings. The van der Waals surface area contributed by atoms with Crippen LogP contribution in [0.4, 0.5) is 0 Å². The SMILES string of the molecule is C[C@H](N[C@H]1CCCC[C@H]1[NH])c1ccccc1. The van der Waals surface area contributed by atoms with Crippen LogP contribution in [0, 0.1) is 0 Å². The van der Waals surface area contributed by atoms with Crippen LogP contribution in [0.1, 0.15) is 44.2 Å². The first-order chi connectivity index (χ1) is 7.77. The molecule has 2 heteroatoms. The van der Waals surface area contributed by atoms with Crippen LogP contribution in [0.3, 0.4) is 0 Å². The molecule has 0 spiro atoms. The second-order valence-electron chi connectivity index (χ2n) is 4.80. The van der Waals surface area contributed by atoms with E-state index in [0.717, 1.165) is 12.8 Å². The molecule has 2 rings (SSSR count). The topological polar surface area (TPSA) is 35.8 Å². The van der Waals surface area contributed by atoms with E-state index in [4.69, 9.17) is 5.73 Å². The van der Waals surface area contributed by atoms with Crippen molar-refractivity contribution in [1.82, 2.24) is 11.1 Å². The maximum atomic E-state index is 8.02. The van der Waals surface area contributed by atoms with Gasteiger partial charge >= 0.3 is 0 Å². The van der Waals surface area contributed by atoms with E-state index in [2.05, 4.69) is 36.5 Å². The molecule has 2 N–H and O–H groups in total. The highest BCUT2D eigenvalue weighted by Gasteiger charge is 2.23. The third kappa shape index (κ3) is 2.83. The van der Waals surface area contributed by atoms with Gasteiger partial charge in [0.05, 0.1) is 0 Å². The summed E-state index contributed by atoms with van der Waals surface area (Å²) < 4.78 is 0. The van der Waals surface area contributed by atoms with Gasteiger partial charge in [0.1, 0.15) is 0 Å². The molecule has 0 amide bonds. The van der Waals surface area contributed by atoms with E-state index in [1.807, 2.05) is 6.07 Å². The average molecular weight is 217 g/mol. The maximum absolute atomic E-state index is 8.02. The van der Waals surface area contributed by atoms with Crippen LogP contribution in [-0.2, 0) is 0 Å². The molecule has 0 unspecified atom stereocenters. The van der Waals surface area contributed by atoms with Gasteiger partial charge in [-0.25, -0.2) is 0 Å².